The van der Waals surface area contributed by atoms with E-state index in [2.05, 4.69) is 70.2 Å². The Hall–Kier alpha value is -1.32. The Morgan fingerprint density at radius 3 is 2.70 bits per heavy atom. The van der Waals surface area contributed by atoms with Crippen molar-refractivity contribution < 1.29 is 0 Å². The van der Waals surface area contributed by atoms with Crippen LogP contribution in [0.2, 0.25) is 0 Å². The Labute approximate surface area is 128 Å². The van der Waals surface area contributed by atoms with Crippen molar-refractivity contribution in [3.8, 4) is 0 Å². The standard InChI is InChI=1S/C17H19BrN2/c1-11-9-13-5-3-4-6-17(13)20(11)14-7-8-15(12(2)19)16(18)10-14/h3-8,10-12H,9,19H2,1-2H3/t11?,12-/m1/s1. The number of hydrogen-bond donors (Lipinski definition) is 1. The maximum absolute atomic E-state index is 5.98. The topological polar surface area (TPSA) is 29.3 Å². The Morgan fingerprint density at radius 2 is 2.00 bits per heavy atom. The smallest absolute Gasteiger partial charge is 0.0446 e. The number of anilines is 2. The van der Waals surface area contributed by atoms with Crippen molar-refractivity contribution in [1.29, 1.82) is 0 Å². The minimum atomic E-state index is 0.0433. The number of fused-ring (bicyclic) bond motifs is 1. The molecule has 0 spiro atoms. The summed E-state index contributed by atoms with van der Waals surface area (Å²) in [6.45, 7) is 4.28. The van der Waals surface area contributed by atoms with Crippen LogP contribution in [0.25, 0.3) is 0 Å². The average Bonchev–Trinajstić information content (AvgIpc) is 2.73. The second kappa shape index (κ2) is 5.23. The van der Waals surface area contributed by atoms with Crippen LogP contribution in [-0.4, -0.2) is 6.04 Å². The molecule has 0 bridgehead atoms. The van der Waals surface area contributed by atoms with Gasteiger partial charge in [-0.15, -0.1) is 0 Å². The molecule has 104 valence electrons. The molecule has 1 aliphatic rings. The number of para-hydroxylation sites is 1. The van der Waals surface area contributed by atoms with E-state index in [0.29, 0.717) is 6.04 Å². The van der Waals surface area contributed by atoms with Gasteiger partial charge in [0.25, 0.3) is 0 Å². The number of hydrogen-bond acceptors (Lipinski definition) is 2. The van der Waals surface area contributed by atoms with E-state index in [1.807, 2.05) is 6.92 Å². The lowest BCUT2D eigenvalue weighted by Crippen LogP contribution is -2.24. The van der Waals surface area contributed by atoms with Gasteiger partial charge in [0.05, 0.1) is 0 Å². The van der Waals surface area contributed by atoms with Crippen LogP contribution in [0, 0.1) is 0 Å². The highest BCUT2D eigenvalue weighted by atomic mass is 79.9. The van der Waals surface area contributed by atoms with Gasteiger partial charge in [0.15, 0.2) is 0 Å². The van der Waals surface area contributed by atoms with Crippen molar-refractivity contribution >= 4 is 27.3 Å². The summed E-state index contributed by atoms with van der Waals surface area (Å²) in [5.41, 5.74) is 11.1. The molecule has 1 heterocycles. The molecule has 0 amide bonds. The van der Waals surface area contributed by atoms with Gasteiger partial charge in [-0.25, -0.2) is 0 Å². The van der Waals surface area contributed by atoms with Crippen molar-refractivity contribution in [2.24, 2.45) is 5.73 Å². The average molecular weight is 331 g/mol. The SMILES string of the molecule is CC1Cc2ccccc2N1c1ccc([C@@H](C)N)c(Br)c1. The normalized spacial score (nSPS) is 19.0. The van der Waals surface area contributed by atoms with Crippen molar-refractivity contribution in [3.63, 3.8) is 0 Å². The molecular formula is C17H19BrN2. The Kier molecular flexibility index (Phi) is 3.57. The first-order valence-corrected chi connectivity index (χ1v) is 7.79. The molecule has 2 N–H and O–H groups in total. The van der Waals surface area contributed by atoms with Gasteiger partial charge < -0.3 is 10.6 Å². The summed E-state index contributed by atoms with van der Waals surface area (Å²) in [6.07, 6.45) is 1.10. The van der Waals surface area contributed by atoms with Crippen LogP contribution in [0.1, 0.15) is 31.0 Å². The van der Waals surface area contributed by atoms with E-state index in [4.69, 9.17) is 5.73 Å². The molecule has 2 aromatic rings. The Morgan fingerprint density at radius 1 is 1.25 bits per heavy atom. The van der Waals surface area contributed by atoms with Crippen LogP contribution in [0.15, 0.2) is 46.9 Å². The van der Waals surface area contributed by atoms with Crippen molar-refractivity contribution in [2.75, 3.05) is 4.90 Å². The van der Waals surface area contributed by atoms with Crippen LogP contribution in [0.5, 0.6) is 0 Å². The molecule has 2 atom stereocenters. The van der Waals surface area contributed by atoms with Crippen LogP contribution in [-0.2, 0) is 6.42 Å². The van der Waals surface area contributed by atoms with Gasteiger partial charge in [-0.2, -0.15) is 0 Å². The van der Waals surface area contributed by atoms with E-state index in [9.17, 15) is 0 Å². The number of benzene rings is 2. The molecule has 0 fully saturated rings. The molecule has 0 saturated heterocycles. The van der Waals surface area contributed by atoms with E-state index in [1.165, 1.54) is 16.9 Å². The number of halogens is 1. The van der Waals surface area contributed by atoms with Gasteiger partial charge in [0, 0.05) is 27.9 Å². The highest BCUT2D eigenvalue weighted by Crippen LogP contribution is 2.39. The van der Waals surface area contributed by atoms with E-state index < -0.39 is 0 Å². The first-order chi connectivity index (χ1) is 9.58. The van der Waals surface area contributed by atoms with Gasteiger partial charge in [0.2, 0.25) is 0 Å². The zero-order chi connectivity index (χ0) is 14.3. The second-order valence-electron chi connectivity index (χ2n) is 5.55. The third-order valence-corrected chi connectivity index (χ3v) is 4.65. The van der Waals surface area contributed by atoms with Crippen LogP contribution in [0.4, 0.5) is 11.4 Å². The minimum Gasteiger partial charge on any atom is -0.338 e. The summed E-state index contributed by atoms with van der Waals surface area (Å²) in [4.78, 5) is 2.41. The lowest BCUT2D eigenvalue weighted by atomic mass is 10.1. The van der Waals surface area contributed by atoms with Crippen LogP contribution >= 0.6 is 15.9 Å². The van der Waals surface area contributed by atoms with Gasteiger partial charge >= 0.3 is 0 Å². The highest BCUT2D eigenvalue weighted by Gasteiger charge is 2.27. The first kappa shape index (κ1) is 13.7. The zero-order valence-electron chi connectivity index (χ0n) is 11.8. The van der Waals surface area contributed by atoms with Gasteiger partial charge in [-0.05, 0) is 49.6 Å². The Bertz CT molecular complexity index is 637. The van der Waals surface area contributed by atoms with E-state index >= 15 is 0 Å². The fraction of sp³-hybridized carbons (Fsp3) is 0.294. The molecule has 0 aromatic heterocycles. The monoisotopic (exact) mass is 330 g/mol. The predicted molar refractivity (Wildman–Crippen MR) is 88.5 cm³/mol. The molecule has 2 aromatic carbocycles. The highest BCUT2D eigenvalue weighted by molar-refractivity contribution is 9.10. The van der Waals surface area contributed by atoms with E-state index in [-0.39, 0.29) is 6.04 Å². The lowest BCUT2D eigenvalue weighted by molar-refractivity contribution is 0.757. The van der Waals surface area contributed by atoms with Gasteiger partial charge in [0.1, 0.15) is 0 Å². The first-order valence-electron chi connectivity index (χ1n) is 7.00. The van der Waals surface area contributed by atoms with Crippen molar-refractivity contribution in [1.82, 2.24) is 0 Å². The van der Waals surface area contributed by atoms with E-state index in [0.717, 1.165) is 16.5 Å². The zero-order valence-corrected chi connectivity index (χ0v) is 13.4. The fourth-order valence-electron chi connectivity index (χ4n) is 2.99. The molecule has 0 saturated carbocycles. The molecular weight excluding hydrogens is 312 g/mol. The predicted octanol–water partition coefficient (Wildman–Crippen LogP) is 4.55. The summed E-state index contributed by atoms with van der Waals surface area (Å²) in [5.74, 6) is 0. The largest absolute Gasteiger partial charge is 0.338 e. The summed E-state index contributed by atoms with van der Waals surface area (Å²) in [5, 5.41) is 0. The molecule has 0 aliphatic carbocycles. The maximum atomic E-state index is 5.98. The van der Waals surface area contributed by atoms with Gasteiger partial charge in [-0.1, -0.05) is 40.2 Å². The third kappa shape index (κ3) is 2.25. The fourth-order valence-corrected chi connectivity index (χ4v) is 3.72. The molecule has 3 rings (SSSR count). The van der Waals surface area contributed by atoms with Gasteiger partial charge in [-0.3, -0.25) is 0 Å². The number of rotatable bonds is 2. The number of nitrogens with zero attached hydrogens (tertiary/aromatic N) is 1. The molecule has 0 radical (unpaired) electrons. The van der Waals surface area contributed by atoms with Crippen molar-refractivity contribution in [3.05, 3.63) is 58.1 Å². The van der Waals surface area contributed by atoms with Crippen LogP contribution < -0.4 is 10.6 Å². The second-order valence-corrected chi connectivity index (χ2v) is 6.40. The number of nitrogens with two attached hydrogens (primary N) is 1. The molecule has 2 nitrogen and oxygen atoms in total. The minimum absolute atomic E-state index is 0.0433. The summed E-state index contributed by atoms with van der Waals surface area (Å²) in [6, 6.07) is 15.6. The summed E-state index contributed by atoms with van der Waals surface area (Å²) >= 11 is 3.65. The molecule has 1 unspecified atom stereocenters. The molecule has 3 heteroatoms. The summed E-state index contributed by atoms with van der Waals surface area (Å²) < 4.78 is 1.08. The lowest BCUT2D eigenvalue weighted by Gasteiger charge is -2.26. The molecule has 20 heavy (non-hydrogen) atoms. The third-order valence-electron chi connectivity index (χ3n) is 3.96. The Balaban J connectivity index is 2.03. The summed E-state index contributed by atoms with van der Waals surface area (Å²) in [7, 11) is 0. The van der Waals surface area contributed by atoms with Crippen molar-refractivity contribution in [2.45, 2.75) is 32.4 Å². The van der Waals surface area contributed by atoms with Crippen LogP contribution in [0.3, 0.4) is 0 Å². The quantitative estimate of drug-likeness (QED) is 0.875. The maximum Gasteiger partial charge on any atom is 0.0446 e. The molecule has 1 aliphatic heterocycles. The van der Waals surface area contributed by atoms with E-state index in [1.54, 1.807) is 0 Å².